The van der Waals surface area contributed by atoms with Crippen LogP contribution in [0, 0.1) is 10.8 Å². The smallest absolute Gasteiger partial charge is 0.282 e. The Balaban J connectivity index is 3.52. The number of hydrogen-bond acceptors (Lipinski definition) is 2. The van der Waals surface area contributed by atoms with Crippen LogP contribution in [0.1, 0.15) is 47.1 Å². The topological polar surface area (TPSA) is 54.4 Å². The highest BCUT2D eigenvalue weighted by Gasteiger charge is 2.36. The van der Waals surface area contributed by atoms with E-state index in [2.05, 4.69) is 48.1 Å². The van der Waals surface area contributed by atoms with Crippen molar-refractivity contribution in [3.05, 3.63) is 30.3 Å². The van der Waals surface area contributed by atoms with E-state index in [0.29, 0.717) is 5.19 Å². The molecular weight excluding hydrogens is 312 g/mol. The zero-order chi connectivity index (χ0) is 17.3. The Kier molecular flexibility index (Phi) is 5.48. The number of benzene rings is 1. The minimum Gasteiger partial charge on any atom is -0.282 e. The molecule has 0 aromatic heterocycles. The molecule has 5 heteroatoms. The predicted molar refractivity (Wildman–Crippen MR) is 94.4 cm³/mol. The quantitative estimate of drug-likeness (QED) is 0.671. The molecule has 0 amide bonds. The summed E-state index contributed by atoms with van der Waals surface area (Å²) < 4.78 is 33.0. The van der Waals surface area contributed by atoms with Crippen LogP contribution in [0.3, 0.4) is 0 Å². The lowest BCUT2D eigenvalue weighted by molar-refractivity contribution is 0.233. The molecule has 0 aliphatic rings. The van der Waals surface area contributed by atoms with Gasteiger partial charge in [-0.1, -0.05) is 66.3 Å². The van der Waals surface area contributed by atoms with Gasteiger partial charge >= 0.3 is 0 Å². The molecule has 0 aliphatic heterocycles. The van der Waals surface area contributed by atoms with Gasteiger partial charge < -0.3 is 0 Å². The Morgan fingerprint density at radius 2 is 1.64 bits per heavy atom. The summed E-state index contributed by atoms with van der Waals surface area (Å²) in [6.07, 6.45) is 1.65. The van der Waals surface area contributed by atoms with Crippen molar-refractivity contribution in [2.45, 2.75) is 52.0 Å². The van der Waals surface area contributed by atoms with Crippen molar-refractivity contribution in [3.8, 4) is 0 Å². The van der Waals surface area contributed by atoms with Gasteiger partial charge in [-0.2, -0.15) is 8.42 Å². The van der Waals surface area contributed by atoms with Gasteiger partial charge in [-0.15, -0.1) is 0 Å². The molecule has 0 unspecified atom stereocenters. The summed E-state index contributed by atoms with van der Waals surface area (Å²) >= 11 is 0. The first kappa shape index (κ1) is 19.1. The Labute approximate surface area is 137 Å². The lowest BCUT2D eigenvalue weighted by Crippen LogP contribution is -2.39. The molecule has 0 saturated heterocycles. The fourth-order valence-corrected chi connectivity index (χ4v) is 5.89. The molecule has 0 fully saturated rings. The van der Waals surface area contributed by atoms with Crippen LogP contribution in [0.15, 0.2) is 29.7 Å². The van der Waals surface area contributed by atoms with Crippen LogP contribution < -0.4 is 5.19 Å². The van der Waals surface area contributed by atoms with E-state index in [9.17, 15) is 13.0 Å². The predicted octanol–water partition coefficient (Wildman–Crippen LogP) is 3.79. The molecule has 0 saturated carbocycles. The Morgan fingerprint density at radius 3 is 2.00 bits per heavy atom. The first-order valence-corrected chi connectivity index (χ1v) is 9.79. The Morgan fingerprint density at radius 1 is 1.14 bits per heavy atom. The van der Waals surface area contributed by atoms with Crippen molar-refractivity contribution in [3.63, 3.8) is 0 Å². The van der Waals surface area contributed by atoms with Gasteiger partial charge in [0.15, 0.2) is 0 Å². The summed E-state index contributed by atoms with van der Waals surface area (Å²) in [7, 11) is -3.98. The van der Waals surface area contributed by atoms with Gasteiger partial charge in [0, 0.05) is 0 Å². The summed E-state index contributed by atoms with van der Waals surface area (Å²) in [5.74, 6) is 0. The van der Waals surface area contributed by atoms with Crippen molar-refractivity contribution in [2.75, 3.05) is 0 Å². The van der Waals surface area contributed by atoms with Crippen LogP contribution in [-0.4, -0.2) is 22.5 Å². The zero-order valence-corrected chi connectivity index (χ0v) is 16.1. The van der Waals surface area contributed by atoms with Gasteiger partial charge in [-0.25, -0.2) is 0 Å². The van der Waals surface area contributed by atoms with E-state index >= 15 is 0 Å². The summed E-state index contributed by atoms with van der Waals surface area (Å²) in [4.78, 5) is 0.00160. The van der Waals surface area contributed by atoms with E-state index in [0.717, 1.165) is 5.56 Å². The molecule has 122 valence electrons. The monoisotopic (exact) mass is 338 g/mol. The maximum absolute atomic E-state index is 11.7. The highest BCUT2D eigenvalue weighted by atomic mass is 32.2. The largest absolute Gasteiger partial charge is 0.294 e. The average Bonchev–Trinajstić information content (AvgIpc) is 2.31. The Bertz CT molecular complexity index is 635. The van der Waals surface area contributed by atoms with Crippen LogP contribution in [0.25, 0.3) is 6.08 Å². The fourth-order valence-electron chi connectivity index (χ4n) is 2.96. The summed E-state index contributed by atoms with van der Waals surface area (Å²) in [5, 5.41) is 0.676. The van der Waals surface area contributed by atoms with Crippen LogP contribution in [0.5, 0.6) is 0 Å². The van der Waals surface area contributed by atoms with Gasteiger partial charge in [0.05, 0.1) is 14.4 Å². The normalized spacial score (nSPS) is 13.5. The van der Waals surface area contributed by atoms with Crippen LogP contribution in [0.4, 0.5) is 0 Å². The Hall–Kier alpha value is -0.913. The molecule has 22 heavy (non-hydrogen) atoms. The maximum Gasteiger partial charge on any atom is 0.294 e. The molecule has 1 rings (SSSR count). The lowest BCUT2D eigenvalue weighted by atomic mass is 9.77. The third kappa shape index (κ3) is 4.54. The maximum atomic E-state index is 11.7. The third-order valence-corrected chi connectivity index (χ3v) is 7.52. The second-order valence-corrected chi connectivity index (χ2v) is 10.5. The first-order valence-electron chi connectivity index (χ1n) is 7.28. The van der Waals surface area contributed by atoms with Crippen LogP contribution in [-0.2, 0) is 10.1 Å². The van der Waals surface area contributed by atoms with Crippen molar-refractivity contribution < 1.29 is 13.0 Å². The molecule has 2 radical (unpaired) electrons. The van der Waals surface area contributed by atoms with Gasteiger partial charge in [-0.3, -0.25) is 4.55 Å². The number of hydrogen-bond donors (Lipinski definition) is 1. The van der Waals surface area contributed by atoms with E-state index in [1.165, 1.54) is 6.07 Å². The SMILES string of the molecule is C=Cc1cccc(S(=O)(=O)O)c1[Si]C(C(C)(C)C)C(C)(C)C. The molecule has 0 heterocycles. The highest BCUT2D eigenvalue weighted by molar-refractivity contribution is 7.86. The average molecular weight is 339 g/mol. The second kappa shape index (κ2) is 6.30. The van der Waals surface area contributed by atoms with Gasteiger partial charge in [0.1, 0.15) is 0 Å². The fraction of sp³-hybridized carbons (Fsp3) is 0.529. The minimum absolute atomic E-state index is 0.00160. The molecule has 1 aromatic carbocycles. The molecule has 1 N–H and O–H groups in total. The van der Waals surface area contributed by atoms with Gasteiger partial charge in [0.25, 0.3) is 10.1 Å². The molecule has 0 bridgehead atoms. The highest BCUT2D eigenvalue weighted by Crippen LogP contribution is 2.44. The standard InChI is InChI=1S/C17H26O3SSi/c1-8-12-10-9-11-13(21(18,19)20)14(12)22-15(16(2,3)4)17(5,6)7/h8-11,15H,1H2,2-7H3,(H,18,19,20). The summed E-state index contributed by atoms with van der Waals surface area (Å²) in [5.41, 5.74) is 1.07. The molecule has 0 atom stereocenters. The van der Waals surface area contributed by atoms with Crippen molar-refractivity contribution in [1.29, 1.82) is 0 Å². The third-order valence-electron chi connectivity index (χ3n) is 3.58. The zero-order valence-electron chi connectivity index (χ0n) is 14.3. The second-order valence-electron chi connectivity index (χ2n) is 7.71. The summed E-state index contributed by atoms with van der Waals surface area (Å²) in [6.45, 7) is 16.8. The van der Waals surface area contributed by atoms with Crippen molar-refractivity contribution in [1.82, 2.24) is 0 Å². The van der Waals surface area contributed by atoms with Crippen molar-refractivity contribution in [2.24, 2.45) is 10.8 Å². The van der Waals surface area contributed by atoms with E-state index in [1.54, 1.807) is 12.1 Å². The molecule has 0 spiro atoms. The lowest BCUT2D eigenvalue weighted by Gasteiger charge is -2.41. The molecule has 3 nitrogen and oxygen atoms in total. The van der Waals surface area contributed by atoms with E-state index < -0.39 is 10.1 Å². The number of rotatable bonds is 4. The van der Waals surface area contributed by atoms with Gasteiger partial charge in [0.2, 0.25) is 0 Å². The summed E-state index contributed by atoms with van der Waals surface area (Å²) in [6, 6.07) is 4.94. The molecular formula is C17H26O3SSi. The van der Waals surface area contributed by atoms with E-state index in [1.807, 2.05) is 6.07 Å². The van der Waals surface area contributed by atoms with Crippen LogP contribution in [0.2, 0.25) is 5.54 Å². The van der Waals surface area contributed by atoms with Gasteiger partial charge in [-0.05, 0) is 33.2 Å². The first-order chi connectivity index (χ1) is 9.78. The molecule has 0 aliphatic carbocycles. The molecule has 1 aromatic rings. The van der Waals surface area contributed by atoms with E-state index in [4.69, 9.17) is 0 Å². The van der Waals surface area contributed by atoms with E-state index in [-0.39, 0.29) is 30.8 Å². The van der Waals surface area contributed by atoms with Crippen molar-refractivity contribution >= 4 is 30.9 Å². The van der Waals surface area contributed by atoms with Crippen LogP contribution >= 0.6 is 0 Å². The minimum atomic E-state index is -4.24.